The Morgan fingerprint density at radius 3 is 2.73 bits per heavy atom. The third kappa shape index (κ3) is 1.99. The van der Waals surface area contributed by atoms with Gasteiger partial charge in [-0.25, -0.2) is 0 Å². The molecule has 1 N–H and O–H groups in total. The number of amides is 1. The topological polar surface area (TPSA) is 72.2 Å². The second-order valence-corrected chi connectivity index (χ2v) is 3.34. The number of hydrogen-bond acceptors (Lipinski definition) is 5. The van der Waals surface area contributed by atoms with E-state index in [4.69, 9.17) is 0 Å². The van der Waals surface area contributed by atoms with Crippen molar-refractivity contribution in [3.63, 3.8) is 0 Å². The molecule has 1 aliphatic heterocycles. The Morgan fingerprint density at radius 1 is 1.73 bits per heavy atom. The van der Waals surface area contributed by atoms with E-state index >= 15 is 0 Å². The van der Waals surface area contributed by atoms with Gasteiger partial charge in [-0.15, -0.1) is 0 Å². The number of nitro groups is 1. The molecule has 1 rings (SSSR count). The molecule has 58 valence electrons. The molecule has 1 saturated heterocycles. The van der Waals surface area contributed by atoms with Crippen LogP contribution in [0.1, 0.15) is 0 Å². The maximum atomic E-state index is 10.7. The predicted octanol–water partition coefficient (Wildman–Crippen LogP) is 0.252. The number of hydrogen-bond donors (Lipinski definition) is 1. The van der Waals surface area contributed by atoms with E-state index in [-0.39, 0.29) is 9.23 Å². The lowest BCUT2D eigenvalue weighted by atomic mass is 10.6. The van der Waals surface area contributed by atoms with Crippen molar-refractivity contribution in [3.05, 3.63) is 21.2 Å². The van der Waals surface area contributed by atoms with Gasteiger partial charge in [-0.2, -0.15) is 0 Å². The van der Waals surface area contributed by atoms with Gasteiger partial charge < -0.3 is 5.32 Å². The van der Waals surface area contributed by atoms with Crippen LogP contribution < -0.4 is 5.32 Å². The number of nitrogens with zero attached hydrogens (tertiary/aromatic N) is 1. The van der Waals surface area contributed by atoms with E-state index in [1.807, 2.05) is 0 Å². The van der Waals surface area contributed by atoms with Crippen molar-refractivity contribution in [2.45, 2.75) is 0 Å². The van der Waals surface area contributed by atoms with Crippen LogP contribution in [0.3, 0.4) is 0 Å². The zero-order valence-electron chi connectivity index (χ0n) is 5.07. The highest BCUT2D eigenvalue weighted by Crippen LogP contribution is 2.22. The number of thiocarbonyl (C=S) groups is 1. The molecule has 1 fully saturated rings. The standard InChI is InChI=1S/C4H2N2O3S2/c7-3-2(1-6(8)9)11-4(10)5-3/h1H,(H,5,7,10)/b2-1+. The highest BCUT2D eigenvalue weighted by molar-refractivity contribution is 8.26. The Bertz CT molecular complexity index is 273. The molecule has 0 saturated carbocycles. The fraction of sp³-hybridized carbons (Fsp3) is 0. The van der Waals surface area contributed by atoms with Crippen LogP contribution in [0.25, 0.3) is 0 Å². The SMILES string of the molecule is O=C1NC(=S)S/C1=C/[N+](=O)[O-]. The van der Waals surface area contributed by atoms with E-state index in [0.29, 0.717) is 6.20 Å². The first-order valence-electron chi connectivity index (χ1n) is 2.48. The zero-order valence-corrected chi connectivity index (χ0v) is 6.70. The number of carbonyl (C=O) groups excluding carboxylic acids is 1. The van der Waals surface area contributed by atoms with Crippen molar-refractivity contribution >= 4 is 34.2 Å². The molecule has 0 spiro atoms. The summed E-state index contributed by atoms with van der Waals surface area (Å²) in [4.78, 5) is 20.0. The maximum absolute atomic E-state index is 10.7. The summed E-state index contributed by atoms with van der Waals surface area (Å²) < 4.78 is 0.253. The highest BCUT2D eigenvalue weighted by atomic mass is 32.2. The fourth-order valence-corrected chi connectivity index (χ4v) is 1.49. The van der Waals surface area contributed by atoms with Crippen LogP contribution in [-0.2, 0) is 4.79 Å². The zero-order chi connectivity index (χ0) is 8.43. The molecular formula is C4H2N2O3S2. The number of thioether (sulfide) groups is 1. The smallest absolute Gasteiger partial charge is 0.269 e. The molecule has 1 aliphatic rings. The van der Waals surface area contributed by atoms with Crippen LogP contribution >= 0.6 is 24.0 Å². The van der Waals surface area contributed by atoms with Crippen LogP contribution in [-0.4, -0.2) is 15.2 Å². The Balaban J connectivity index is 2.83. The molecule has 5 nitrogen and oxygen atoms in total. The van der Waals surface area contributed by atoms with Crippen molar-refractivity contribution in [2.75, 3.05) is 0 Å². The van der Waals surface area contributed by atoms with Gasteiger partial charge in [0.05, 0.1) is 4.92 Å². The quantitative estimate of drug-likeness (QED) is 0.278. The van der Waals surface area contributed by atoms with Crippen molar-refractivity contribution in [1.29, 1.82) is 0 Å². The summed E-state index contributed by atoms with van der Waals surface area (Å²) in [6, 6.07) is 0. The van der Waals surface area contributed by atoms with Crippen LogP contribution in [0.2, 0.25) is 0 Å². The first-order chi connectivity index (χ1) is 5.09. The predicted molar refractivity (Wildman–Crippen MR) is 43.4 cm³/mol. The summed E-state index contributed by atoms with van der Waals surface area (Å²) in [5, 5.41) is 12.2. The van der Waals surface area contributed by atoms with E-state index in [9.17, 15) is 14.9 Å². The maximum Gasteiger partial charge on any atom is 0.269 e. The van der Waals surface area contributed by atoms with E-state index in [1.165, 1.54) is 0 Å². The minimum Gasteiger partial charge on any atom is -0.307 e. The average molecular weight is 190 g/mol. The van der Waals surface area contributed by atoms with Gasteiger partial charge in [0.2, 0.25) is 0 Å². The van der Waals surface area contributed by atoms with Gasteiger partial charge in [-0.3, -0.25) is 14.9 Å². The first kappa shape index (κ1) is 8.15. The van der Waals surface area contributed by atoms with Crippen molar-refractivity contribution in [1.82, 2.24) is 5.32 Å². The Kier molecular flexibility index (Phi) is 2.20. The average Bonchev–Trinajstić information content (AvgIpc) is 2.09. The Morgan fingerprint density at radius 2 is 2.36 bits per heavy atom. The normalized spacial score (nSPS) is 20.5. The molecule has 7 heteroatoms. The van der Waals surface area contributed by atoms with Gasteiger partial charge in [-0.1, -0.05) is 12.2 Å². The molecule has 0 aromatic carbocycles. The summed E-state index contributed by atoms with van der Waals surface area (Å²) in [5.41, 5.74) is 0. The van der Waals surface area contributed by atoms with Gasteiger partial charge in [0.1, 0.15) is 9.23 Å². The van der Waals surface area contributed by atoms with Gasteiger partial charge >= 0.3 is 0 Å². The largest absolute Gasteiger partial charge is 0.307 e. The van der Waals surface area contributed by atoms with Gasteiger partial charge in [0, 0.05) is 0 Å². The lowest BCUT2D eigenvalue weighted by Crippen LogP contribution is -2.17. The van der Waals surface area contributed by atoms with E-state index < -0.39 is 10.8 Å². The first-order valence-corrected chi connectivity index (χ1v) is 3.70. The fourth-order valence-electron chi connectivity index (χ4n) is 0.507. The summed E-state index contributed by atoms with van der Waals surface area (Å²) in [7, 11) is 0. The van der Waals surface area contributed by atoms with Crippen LogP contribution in [0, 0.1) is 10.1 Å². The molecule has 0 atom stereocenters. The number of nitrogens with one attached hydrogen (secondary N) is 1. The molecule has 0 unspecified atom stereocenters. The van der Waals surface area contributed by atoms with Gasteiger partial charge in [0.25, 0.3) is 12.1 Å². The van der Waals surface area contributed by atoms with E-state index in [2.05, 4.69) is 17.5 Å². The summed E-state index contributed by atoms with van der Waals surface area (Å²) >= 11 is 5.49. The number of carbonyl (C=O) groups is 1. The minimum atomic E-state index is -0.685. The molecule has 1 amide bonds. The van der Waals surface area contributed by atoms with Crippen molar-refractivity contribution < 1.29 is 9.72 Å². The van der Waals surface area contributed by atoms with E-state index in [0.717, 1.165) is 11.8 Å². The highest BCUT2D eigenvalue weighted by Gasteiger charge is 2.24. The lowest BCUT2D eigenvalue weighted by molar-refractivity contribution is -0.402. The lowest BCUT2D eigenvalue weighted by Gasteiger charge is -1.82. The summed E-state index contributed by atoms with van der Waals surface area (Å²) in [6.07, 6.45) is 0.638. The molecule has 0 bridgehead atoms. The summed E-state index contributed by atoms with van der Waals surface area (Å²) in [5.74, 6) is -0.503. The third-order valence-electron chi connectivity index (χ3n) is 0.865. The summed E-state index contributed by atoms with van der Waals surface area (Å²) in [6.45, 7) is 0. The number of rotatable bonds is 1. The molecule has 0 aromatic rings. The molecular weight excluding hydrogens is 188 g/mol. The van der Waals surface area contributed by atoms with E-state index in [1.54, 1.807) is 0 Å². The van der Waals surface area contributed by atoms with Gasteiger partial charge in [0.15, 0.2) is 0 Å². The molecule has 0 aliphatic carbocycles. The van der Waals surface area contributed by atoms with Crippen molar-refractivity contribution in [2.24, 2.45) is 0 Å². The molecule has 11 heavy (non-hydrogen) atoms. The Labute approximate surface area is 71.0 Å². The monoisotopic (exact) mass is 190 g/mol. The van der Waals surface area contributed by atoms with Crippen LogP contribution in [0.5, 0.6) is 0 Å². The van der Waals surface area contributed by atoms with Gasteiger partial charge in [-0.05, 0) is 11.8 Å². The second-order valence-electron chi connectivity index (χ2n) is 1.62. The van der Waals surface area contributed by atoms with Crippen molar-refractivity contribution in [3.8, 4) is 0 Å². The molecule has 0 aromatic heterocycles. The van der Waals surface area contributed by atoms with Crippen LogP contribution in [0.4, 0.5) is 0 Å². The molecule has 0 radical (unpaired) electrons. The molecule has 1 heterocycles. The Hall–Kier alpha value is -0.950. The van der Waals surface area contributed by atoms with Crippen LogP contribution in [0.15, 0.2) is 11.1 Å². The third-order valence-corrected chi connectivity index (χ3v) is 2.01. The second kappa shape index (κ2) is 2.97. The minimum absolute atomic E-state index is 0.0278.